The lowest BCUT2D eigenvalue weighted by molar-refractivity contribution is -0.752. The van der Waals surface area contributed by atoms with Crippen LogP contribution in [0.2, 0.25) is 0 Å². The number of rotatable bonds is 4. The van der Waals surface area contributed by atoms with Gasteiger partial charge in [0.25, 0.3) is 5.56 Å². The van der Waals surface area contributed by atoms with Crippen LogP contribution in [0.3, 0.4) is 0 Å². The Morgan fingerprint density at radius 3 is 2.35 bits per heavy atom. The Morgan fingerprint density at radius 1 is 1.31 bits per heavy atom. The number of aryl methyl sites for hydroxylation is 2. The van der Waals surface area contributed by atoms with Crippen LogP contribution in [-0.2, 0) is 23.2 Å². The van der Waals surface area contributed by atoms with Gasteiger partial charge in [-0.3, -0.25) is 9.59 Å². The molecule has 26 heavy (non-hydrogen) atoms. The molecule has 2 aromatic rings. The molecule has 0 amide bonds. The van der Waals surface area contributed by atoms with Crippen LogP contribution in [0.25, 0.3) is 11.1 Å². The number of aliphatic carboxylic acids is 2. The smallest absolute Gasteiger partial charge is 0.430 e. The number of alkyl halides is 3. The maximum atomic E-state index is 11.5. The van der Waals surface area contributed by atoms with Gasteiger partial charge in [0.15, 0.2) is 12.7 Å². The van der Waals surface area contributed by atoms with Crippen molar-refractivity contribution in [3.63, 3.8) is 0 Å². The van der Waals surface area contributed by atoms with E-state index in [0.29, 0.717) is 6.54 Å². The Morgan fingerprint density at radius 2 is 1.92 bits per heavy atom. The highest BCUT2D eigenvalue weighted by Crippen LogP contribution is 2.14. The molecule has 0 aliphatic carbocycles. The van der Waals surface area contributed by atoms with E-state index < -0.39 is 18.1 Å². The van der Waals surface area contributed by atoms with Gasteiger partial charge in [0.05, 0.1) is 0 Å². The molecule has 8 nitrogen and oxygen atoms in total. The van der Waals surface area contributed by atoms with Gasteiger partial charge in [0, 0.05) is 30.9 Å². The molecule has 0 atom stereocenters. The van der Waals surface area contributed by atoms with Gasteiger partial charge in [-0.2, -0.15) is 13.2 Å². The first kappa shape index (κ1) is 20.8. The van der Waals surface area contributed by atoms with Crippen LogP contribution in [0.1, 0.15) is 6.42 Å². The molecule has 11 heteroatoms. The molecule has 0 spiro atoms. The number of carbonyl (C=O) groups is 2. The first-order chi connectivity index (χ1) is 12.0. The van der Waals surface area contributed by atoms with E-state index in [2.05, 4.69) is 5.10 Å². The summed E-state index contributed by atoms with van der Waals surface area (Å²) in [5.41, 5.74) is 1.53. The minimum atomic E-state index is -5.19. The molecule has 0 aliphatic rings. The van der Waals surface area contributed by atoms with Gasteiger partial charge >= 0.3 is 12.1 Å². The number of hydrogen-bond acceptors (Lipinski definition) is 5. The summed E-state index contributed by atoms with van der Waals surface area (Å²) >= 11 is 0. The molecule has 0 aromatic carbocycles. The van der Waals surface area contributed by atoms with Crippen LogP contribution in [0.5, 0.6) is 0 Å². The molecule has 2 rings (SSSR count). The van der Waals surface area contributed by atoms with Crippen LogP contribution in [0, 0.1) is 0 Å². The third kappa shape index (κ3) is 6.71. The molecular weight excluding hydrogens is 359 g/mol. The van der Waals surface area contributed by atoms with Crippen LogP contribution in [0.4, 0.5) is 13.2 Å². The second-order valence-corrected chi connectivity index (χ2v) is 4.97. The third-order valence-electron chi connectivity index (χ3n) is 3.00. The van der Waals surface area contributed by atoms with Crippen molar-refractivity contribution in [1.82, 2.24) is 9.67 Å². The van der Waals surface area contributed by atoms with Crippen molar-refractivity contribution in [3.05, 3.63) is 47.1 Å². The lowest BCUT2D eigenvalue weighted by atomic mass is 10.1. The van der Waals surface area contributed by atoms with E-state index in [1.54, 1.807) is 36.4 Å². The van der Waals surface area contributed by atoms with Crippen LogP contribution in [-0.4, -0.2) is 32.9 Å². The van der Waals surface area contributed by atoms with Crippen molar-refractivity contribution in [2.75, 3.05) is 0 Å². The fourth-order valence-corrected chi connectivity index (χ4v) is 1.63. The van der Waals surface area contributed by atoms with Gasteiger partial charge in [-0.05, 0) is 16.7 Å². The number of carbonyl (C=O) groups excluding carboxylic acids is 1. The Kier molecular flexibility index (Phi) is 6.99. The quantitative estimate of drug-likeness (QED) is 0.723. The van der Waals surface area contributed by atoms with E-state index in [9.17, 15) is 22.8 Å². The summed E-state index contributed by atoms with van der Waals surface area (Å²) in [6, 6.07) is 5.18. The van der Waals surface area contributed by atoms with E-state index >= 15 is 0 Å². The van der Waals surface area contributed by atoms with E-state index in [4.69, 9.17) is 15.0 Å². The average molecular weight is 373 g/mol. The number of aromatic nitrogens is 3. The SMILES string of the molecule is Cn1ccc(-c2cc[n+](CCC(=O)O)nc2)cc1=O.O=C([O-])C(F)(F)F. The largest absolute Gasteiger partial charge is 0.542 e. The summed E-state index contributed by atoms with van der Waals surface area (Å²) in [4.78, 5) is 30.8. The highest BCUT2D eigenvalue weighted by Gasteiger charge is 2.28. The molecule has 0 radical (unpaired) electrons. The minimum absolute atomic E-state index is 0.0306. The standard InChI is InChI=1S/C13H13N3O3.C2HF3O2/c1-15-5-2-10(8-12(15)17)11-3-6-16(14-9-11)7-4-13(18)19;3-2(4,5)1(6)7/h2-3,5-6,8-9H,4,7H2,1H3;(H,6,7). The van der Waals surface area contributed by atoms with Crippen molar-refractivity contribution >= 4 is 11.9 Å². The Bertz CT molecular complexity index is 832. The fourth-order valence-electron chi connectivity index (χ4n) is 1.63. The van der Waals surface area contributed by atoms with E-state index in [1.807, 2.05) is 12.1 Å². The average Bonchev–Trinajstić information content (AvgIpc) is 2.55. The molecule has 140 valence electrons. The predicted molar refractivity (Wildman–Crippen MR) is 78.4 cm³/mol. The van der Waals surface area contributed by atoms with E-state index in [1.165, 1.54) is 4.57 Å². The molecule has 1 N–H and O–H groups in total. The molecule has 2 heterocycles. The van der Waals surface area contributed by atoms with Gasteiger partial charge in [0.1, 0.15) is 18.6 Å². The zero-order valence-corrected chi connectivity index (χ0v) is 13.4. The zero-order chi connectivity index (χ0) is 19.9. The third-order valence-corrected chi connectivity index (χ3v) is 3.00. The van der Waals surface area contributed by atoms with Crippen LogP contribution >= 0.6 is 0 Å². The number of carboxylic acids is 2. The molecular formula is C15H14F3N3O5. The lowest BCUT2D eigenvalue weighted by Gasteiger charge is -2.03. The lowest BCUT2D eigenvalue weighted by Crippen LogP contribution is -2.38. The molecule has 0 fully saturated rings. The Labute approximate surface area is 144 Å². The van der Waals surface area contributed by atoms with Gasteiger partial charge < -0.3 is 19.6 Å². The summed E-state index contributed by atoms with van der Waals surface area (Å²) in [6.07, 6.45) is -0.140. The molecule has 0 saturated carbocycles. The summed E-state index contributed by atoms with van der Waals surface area (Å²) < 4.78 is 34.6. The summed E-state index contributed by atoms with van der Waals surface area (Å²) in [5, 5.41) is 21.5. The first-order valence-corrected chi connectivity index (χ1v) is 7.03. The maximum Gasteiger partial charge on any atom is 0.430 e. The first-order valence-electron chi connectivity index (χ1n) is 7.03. The Balaban J connectivity index is 0.000000412. The fraction of sp³-hybridized carbons (Fsp3) is 0.267. The topological polar surface area (TPSA) is 116 Å². The molecule has 0 aliphatic heterocycles. The molecule has 0 bridgehead atoms. The normalized spacial score (nSPS) is 10.6. The predicted octanol–water partition coefficient (Wildman–Crippen LogP) is -0.492. The molecule has 2 aromatic heterocycles. The highest BCUT2D eigenvalue weighted by atomic mass is 19.4. The zero-order valence-electron chi connectivity index (χ0n) is 13.4. The molecule has 0 saturated heterocycles. The van der Waals surface area contributed by atoms with Gasteiger partial charge in [-0.15, -0.1) is 0 Å². The van der Waals surface area contributed by atoms with Crippen molar-refractivity contribution < 1.29 is 37.7 Å². The minimum Gasteiger partial charge on any atom is -0.542 e. The van der Waals surface area contributed by atoms with Crippen LogP contribution < -0.4 is 15.3 Å². The maximum absolute atomic E-state index is 11.5. The number of pyridine rings is 1. The summed E-state index contributed by atoms with van der Waals surface area (Å²) in [5.74, 6) is -3.86. The number of nitrogens with zero attached hydrogens (tertiary/aromatic N) is 3. The van der Waals surface area contributed by atoms with E-state index in [-0.39, 0.29) is 12.0 Å². The van der Waals surface area contributed by atoms with Gasteiger partial charge in [-0.1, -0.05) is 4.68 Å². The number of carboxylic acid groups (broad SMARTS) is 2. The number of hydrogen-bond donors (Lipinski definition) is 1. The van der Waals surface area contributed by atoms with Gasteiger partial charge in [0.2, 0.25) is 0 Å². The number of halogens is 3. The summed E-state index contributed by atoms with van der Waals surface area (Å²) in [7, 11) is 1.69. The van der Waals surface area contributed by atoms with Crippen molar-refractivity contribution in [1.29, 1.82) is 0 Å². The van der Waals surface area contributed by atoms with Crippen molar-refractivity contribution in [3.8, 4) is 11.1 Å². The Hall–Kier alpha value is -3.24. The second kappa shape index (κ2) is 8.74. The second-order valence-electron chi connectivity index (χ2n) is 4.97. The van der Waals surface area contributed by atoms with Crippen molar-refractivity contribution in [2.24, 2.45) is 7.05 Å². The van der Waals surface area contributed by atoms with Crippen LogP contribution in [0.15, 0.2) is 41.6 Å². The summed E-state index contributed by atoms with van der Waals surface area (Å²) in [6.45, 7) is 0.326. The van der Waals surface area contributed by atoms with Gasteiger partial charge in [-0.25, -0.2) is 0 Å². The van der Waals surface area contributed by atoms with E-state index in [0.717, 1.165) is 11.1 Å². The molecule has 0 unspecified atom stereocenters. The monoisotopic (exact) mass is 373 g/mol. The van der Waals surface area contributed by atoms with Crippen molar-refractivity contribution in [2.45, 2.75) is 19.1 Å². The highest BCUT2D eigenvalue weighted by molar-refractivity contribution is 5.70.